The van der Waals surface area contributed by atoms with Crippen molar-refractivity contribution in [1.29, 1.82) is 0 Å². The van der Waals surface area contributed by atoms with Gasteiger partial charge in [-0.3, -0.25) is 24.0 Å². The zero-order valence-corrected chi connectivity index (χ0v) is 26.2. The van der Waals surface area contributed by atoms with Gasteiger partial charge < -0.3 is 25.6 Å². The van der Waals surface area contributed by atoms with Crippen LogP contribution in [-0.4, -0.2) is 90.5 Å². The molecule has 40 heavy (non-hydrogen) atoms. The molecule has 0 saturated carbocycles. The minimum Gasteiger partial charge on any atom is -0.357 e. The first-order valence-corrected chi connectivity index (χ1v) is 14.5. The lowest BCUT2D eigenvalue weighted by atomic mass is 9.97. The number of ether oxygens (including phenoxy) is 1. The maximum Gasteiger partial charge on any atom is 0.244 e. The lowest BCUT2D eigenvalue weighted by Gasteiger charge is -2.28. The van der Waals surface area contributed by atoms with Crippen LogP contribution in [-0.2, 0) is 28.7 Å². The highest BCUT2D eigenvalue weighted by Crippen LogP contribution is 2.26. The number of ketones is 2. The highest BCUT2D eigenvalue weighted by atomic mass is 35.5. The van der Waals surface area contributed by atoms with Gasteiger partial charge in [0.25, 0.3) is 0 Å². The van der Waals surface area contributed by atoms with E-state index in [4.69, 9.17) is 16.3 Å². The Bertz CT molecular complexity index is 918. The Kier molecular flexibility index (Phi) is 15.0. The monoisotopic (exact) mass is 584 g/mol. The smallest absolute Gasteiger partial charge is 0.244 e. The van der Waals surface area contributed by atoms with E-state index < -0.39 is 41.4 Å². The summed E-state index contributed by atoms with van der Waals surface area (Å²) < 4.78 is 5.39. The van der Waals surface area contributed by atoms with E-state index in [0.717, 1.165) is 0 Å². The van der Waals surface area contributed by atoms with E-state index in [2.05, 4.69) is 16.0 Å². The van der Waals surface area contributed by atoms with Gasteiger partial charge in [-0.1, -0.05) is 53.7 Å². The molecule has 1 aliphatic heterocycles. The summed E-state index contributed by atoms with van der Waals surface area (Å²) in [4.78, 5) is 65.5. The molecule has 1 aliphatic rings. The average Bonchev–Trinajstić information content (AvgIpc) is 3.59. The Hall–Kier alpha value is -2.30. The van der Waals surface area contributed by atoms with E-state index >= 15 is 0 Å². The lowest BCUT2D eigenvalue weighted by Crippen LogP contribution is -2.59. The summed E-state index contributed by atoms with van der Waals surface area (Å²) in [6.07, 6.45) is 3.43. The van der Waals surface area contributed by atoms with Crippen LogP contribution in [0.25, 0.3) is 0 Å². The Morgan fingerprint density at radius 1 is 0.875 bits per heavy atom. The van der Waals surface area contributed by atoms with Crippen molar-refractivity contribution in [3.63, 3.8) is 0 Å². The van der Waals surface area contributed by atoms with Crippen molar-refractivity contribution in [1.82, 2.24) is 20.9 Å². The lowest BCUT2D eigenvalue weighted by molar-refractivity contribution is -0.134. The maximum absolute atomic E-state index is 13.2. The average molecular weight is 585 g/mol. The van der Waals surface area contributed by atoms with Crippen LogP contribution < -0.4 is 16.0 Å². The van der Waals surface area contributed by atoms with Crippen LogP contribution in [0.4, 0.5) is 0 Å². The Balaban J connectivity index is 2.82. The molecule has 3 N–H and O–H groups in total. The van der Waals surface area contributed by atoms with Crippen LogP contribution in [0.15, 0.2) is 12.2 Å². The molecule has 0 bridgehead atoms. The summed E-state index contributed by atoms with van der Waals surface area (Å²) in [7, 11) is 3.54. The molecule has 0 aromatic carbocycles. The summed E-state index contributed by atoms with van der Waals surface area (Å²) in [6.45, 7) is 13.2. The zero-order chi connectivity index (χ0) is 30.7. The third-order valence-corrected chi connectivity index (χ3v) is 6.50. The van der Waals surface area contributed by atoms with Gasteiger partial charge in [0.1, 0.15) is 24.3 Å². The topological polar surface area (TPSA) is 137 Å². The first-order valence-electron chi connectivity index (χ1n) is 14.1. The van der Waals surface area contributed by atoms with Crippen LogP contribution in [0.5, 0.6) is 0 Å². The van der Waals surface area contributed by atoms with Crippen molar-refractivity contribution in [2.75, 3.05) is 20.6 Å². The summed E-state index contributed by atoms with van der Waals surface area (Å²) in [5.41, 5.74) is 0. The van der Waals surface area contributed by atoms with Gasteiger partial charge >= 0.3 is 0 Å². The Labute approximate surface area is 244 Å². The molecule has 0 aliphatic carbocycles. The molecule has 1 unspecified atom stereocenters. The molecule has 1 rings (SSSR count). The zero-order valence-electron chi connectivity index (χ0n) is 25.5. The van der Waals surface area contributed by atoms with E-state index in [-0.39, 0.29) is 54.3 Å². The number of rotatable bonds is 18. The molecular weight excluding hydrogens is 536 g/mol. The fraction of sp³-hybridized carbons (Fsp3) is 0.759. The van der Waals surface area contributed by atoms with Gasteiger partial charge in [0.15, 0.2) is 11.6 Å². The molecule has 11 heteroatoms. The molecule has 1 saturated heterocycles. The number of carbonyl (C=O) groups is 5. The molecule has 6 atom stereocenters. The van der Waals surface area contributed by atoms with Crippen molar-refractivity contribution < 1.29 is 28.7 Å². The fourth-order valence-electron chi connectivity index (χ4n) is 4.21. The normalized spacial score (nSPS) is 19.9. The molecule has 3 amide bonds. The summed E-state index contributed by atoms with van der Waals surface area (Å²) >= 11 is 6.01. The van der Waals surface area contributed by atoms with Gasteiger partial charge in [-0.15, -0.1) is 11.6 Å². The third kappa shape index (κ3) is 12.9. The van der Waals surface area contributed by atoms with Crippen LogP contribution in [0.1, 0.15) is 67.7 Å². The fourth-order valence-corrected chi connectivity index (χ4v) is 4.37. The highest BCUT2D eigenvalue weighted by molar-refractivity contribution is 6.31. The number of nitrogens with one attached hydrogen (secondary N) is 3. The predicted octanol–water partition coefficient (Wildman–Crippen LogP) is 2.23. The van der Waals surface area contributed by atoms with Gasteiger partial charge in [-0.05, 0) is 45.2 Å². The van der Waals surface area contributed by atoms with E-state index in [1.54, 1.807) is 51.9 Å². The highest BCUT2D eigenvalue weighted by Gasteiger charge is 2.42. The molecule has 0 radical (unpaired) electrons. The number of hydrogen-bond donors (Lipinski definition) is 3. The minimum absolute atomic E-state index is 0.00581. The molecule has 10 nitrogen and oxygen atoms in total. The van der Waals surface area contributed by atoms with E-state index in [9.17, 15) is 24.0 Å². The second-order valence-corrected chi connectivity index (χ2v) is 12.7. The number of epoxide rings is 1. The number of likely N-dealkylation sites (N-methyl/N-ethyl adjacent to an activating group) is 1. The standard InChI is InChI=1S/C29H49ClN4O6/c1-16(2)13-20(26(37)19(7)30)32-29(39)25(18(5)6)33-28(38)21(15-34(8)9)31-24(36)12-10-11-23-27(40-23)22(35)14-17(3)4/h10-11,16-21,23,25,27H,12-15H2,1-9H3,(H,31,36)(H,32,39)(H,33,38)/b11-10+/t19?,20-,21+,23+,25-,27-/m0/s1. The molecular formula is C29H49ClN4O6. The third-order valence-electron chi connectivity index (χ3n) is 6.29. The Morgan fingerprint density at radius 2 is 1.50 bits per heavy atom. The molecule has 0 aromatic heterocycles. The van der Waals surface area contributed by atoms with Crippen molar-refractivity contribution in [2.24, 2.45) is 17.8 Å². The number of amides is 3. The molecule has 1 fully saturated rings. The second-order valence-electron chi connectivity index (χ2n) is 12.0. The first kappa shape index (κ1) is 35.7. The van der Waals surface area contributed by atoms with E-state index in [0.29, 0.717) is 12.8 Å². The van der Waals surface area contributed by atoms with Crippen molar-refractivity contribution >= 4 is 40.9 Å². The molecule has 1 heterocycles. The summed E-state index contributed by atoms with van der Waals surface area (Å²) in [5, 5.41) is 7.50. The van der Waals surface area contributed by atoms with Crippen LogP contribution in [0.3, 0.4) is 0 Å². The molecule has 0 aromatic rings. The number of halogens is 1. The quantitative estimate of drug-likeness (QED) is 0.128. The summed E-state index contributed by atoms with van der Waals surface area (Å²) in [5.74, 6) is -1.49. The summed E-state index contributed by atoms with van der Waals surface area (Å²) in [6, 6.07) is -2.61. The van der Waals surface area contributed by atoms with Gasteiger partial charge in [-0.2, -0.15) is 0 Å². The van der Waals surface area contributed by atoms with E-state index in [1.807, 2.05) is 27.7 Å². The number of hydrogen-bond acceptors (Lipinski definition) is 7. The van der Waals surface area contributed by atoms with Crippen molar-refractivity contribution in [2.45, 2.75) is 103 Å². The number of Topliss-reactive ketones (excluding diaryl/α,β-unsaturated/α-hetero) is 2. The van der Waals surface area contributed by atoms with Gasteiger partial charge in [-0.25, -0.2) is 0 Å². The van der Waals surface area contributed by atoms with Crippen LogP contribution in [0.2, 0.25) is 0 Å². The van der Waals surface area contributed by atoms with Crippen LogP contribution >= 0.6 is 11.6 Å². The molecule has 228 valence electrons. The first-order chi connectivity index (χ1) is 18.5. The number of alkyl halides is 1. The molecule has 0 spiro atoms. The van der Waals surface area contributed by atoms with Gasteiger partial charge in [0.2, 0.25) is 17.7 Å². The SMILES string of the molecule is CC(C)CC(=O)[C@@H]1O[C@@H]1/C=C/CC(=O)N[C@H](CN(C)C)C(=O)N[C@H](C(=O)N[C@@H](CC(C)C)C(=O)C(C)Cl)C(C)C. The second kappa shape index (κ2) is 16.8. The van der Waals surface area contributed by atoms with Crippen LogP contribution in [0, 0.1) is 17.8 Å². The van der Waals surface area contributed by atoms with Crippen molar-refractivity contribution in [3.05, 3.63) is 12.2 Å². The number of nitrogens with zero attached hydrogens (tertiary/aromatic N) is 1. The number of carbonyl (C=O) groups excluding carboxylic acids is 5. The maximum atomic E-state index is 13.2. The van der Waals surface area contributed by atoms with Gasteiger partial charge in [0, 0.05) is 19.4 Å². The predicted molar refractivity (Wildman–Crippen MR) is 156 cm³/mol. The van der Waals surface area contributed by atoms with E-state index in [1.165, 1.54) is 0 Å². The Morgan fingerprint density at radius 3 is 2.00 bits per heavy atom. The van der Waals surface area contributed by atoms with Gasteiger partial charge in [0.05, 0.1) is 11.4 Å². The van der Waals surface area contributed by atoms with Crippen molar-refractivity contribution in [3.8, 4) is 0 Å². The largest absolute Gasteiger partial charge is 0.357 e. The minimum atomic E-state index is -0.922.